The molecule has 0 aromatic heterocycles. The second-order valence-corrected chi connectivity index (χ2v) is 6.44. The Morgan fingerprint density at radius 2 is 2.12 bits per heavy atom. The number of phenols is 1. The maximum Gasteiger partial charge on any atom is 0.251 e. The van der Waals surface area contributed by atoms with Crippen LogP contribution in [0.25, 0.3) is 0 Å². The highest BCUT2D eigenvalue weighted by Gasteiger charge is 2.23. The van der Waals surface area contributed by atoms with Gasteiger partial charge in [-0.3, -0.25) is 9.59 Å². The third kappa shape index (κ3) is 5.91. The summed E-state index contributed by atoms with van der Waals surface area (Å²) in [5.41, 5.74) is 0.332. The van der Waals surface area contributed by atoms with Crippen LogP contribution in [-0.4, -0.2) is 61.3 Å². The van der Waals surface area contributed by atoms with Crippen LogP contribution in [0.3, 0.4) is 0 Å². The minimum atomic E-state index is -0.279. The van der Waals surface area contributed by atoms with E-state index in [9.17, 15) is 14.7 Å². The lowest BCUT2D eigenvalue weighted by molar-refractivity contribution is -0.130. The summed E-state index contributed by atoms with van der Waals surface area (Å²) in [7, 11) is 1.57. The van der Waals surface area contributed by atoms with Gasteiger partial charge in [0.05, 0.1) is 6.61 Å². The van der Waals surface area contributed by atoms with Crippen molar-refractivity contribution >= 4 is 11.8 Å². The van der Waals surface area contributed by atoms with E-state index in [1.807, 2.05) is 11.8 Å². The molecule has 1 aromatic rings. The Labute approximate surface area is 154 Å². The van der Waals surface area contributed by atoms with Crippen molar-refractivity contribution < 1.29 is 24.2 Å². The first-order chi connectivity index (χ1) is 12.5. The van der Waals surface area contributed by atoms with Crippen LogP contribution in [0, 0.1) is 0 Å². The summed E-state index contributed by atoms with van der Waals surface area (Å²) < 4.78 is 10.4. The second kappa shape index (κ2) is 10.0. The Morgan fingerprint density at radius 3 is 2.85 bits per heavy atom. The molecule has 0 saturated carbocycles. The third-order valence-corrected chi connectivity index (χ3v) is 4.35. The summed E-state index contributed by atoms with van der Waals surface area (Å²) in [5, 5.41) is 12.8. The molecule has 144 valence electrons. The first-order valence-corrected chi connectivity index (χ1v) is 9.08. The van der Waals surface area contributed by atoms with E-state index in [1.54, 1.807) is 13.2 Å². The van der Waals surface area contributed by atoms with Crippen molar-refractivity contribution in [3.05, 3.63) is 23.8 Å². The van der Waals surface area contributed by atoms with Gasteiger partial charge in [0.15, 0.2) is 0 Å². The second-order valence-electron chi connectivity index (χ2n) is 6.44. The maximum absolute atomic E-state index is 12.5. The van der Waals surface area contributed by atoms with Crippen molar-refractivity contribution in [3.63, 3.8) is 0 Å². The molecule has 1 saturated heterocycles. The van der Waals surface area contributed by atoms with Crippen molar-refractivity contribution in [1.29, 1.82) is 0 Å². The molecule has 0 aliphatic carbocycles. The van der Waals surface area contributed by atoms with E-state index < -0.39 is 0 Å². The van der Waals surface area contributed by atoms with Crippen LogP contribution in [0.15, 0.2) is 18.2 Å². The molecule has 1 aliphatic rings. The molecule has 1 aliphatic heterocycles. The number of carbonyl (C=O) groups is 2. The molecular formula is C19H28N2O5. The van der Waals surface area contributed by atoms with Crippen LogP contribution in [-0.2, 0) is 9.53 Å². The average Bonchev–Trinajstić information content (AvgIpc) is 2.78. The van der Waals surface area contributed by atoms with Gasteiger partial charge in [0, 0.05) is 44.3 Å². The highest BCUT2D eigenvalue weighted by atomic mass is 16.5. The number of methoxy groups -OCH3 is 1. The molecule has 0 radical (unpaired) electrons. The van der Waals surface area contributed by atoms with E-state index in [2.05, 4.69) is 5.32 Å². The van der Waals surface area contributed by atoms with Gasteiger partial charge in [-0.2, -0.15) is 0 Å². The summed E-state index contributed by atoms with van der Waals surface area (Å²) in [6.45, 7) is 4.21. The number of nitrogens with zero attached hydrogens (tertiary/aromatic N) is 1. The lowest BCUT2D eigenvalue weighted by Gasteiger charge is -2.20. The molecule has 0 bridgehead atoms. The van der Waals surface area contributed by atoms with Crippen LogP contribution in [0.1, 0.15) is 43.0 Å². The molecule has 7 nitrogen and oxygen atoms in total. The van der Waals surface area contributed by atoms with Crippen molar-refractivity contribution in [2.75, 3.05) is 33.4 Å². The molecule has 2 amide bonds. The van der Waals surface area contributed by atoms with E-state index in [4.69, 9.17) is 9.47 Å². The zero-order chi connectivity index (χ0) is 18.9. The fraction of sp³-hybridized carbons (Fsp3) is 0.579. The lowest BCUT2D eigenvalue weighted by atomic mass is 10.1. The summed E-state index contributed by atoms with van der Waals surface area (Å²) in [5.74, 6) is 0.251. The minimum absolute atomic E-state index is 0.0322. The fourth-order valence-corrected chi connectivity index (χ4v) is 3.00. The van der Waals surface area contributed by atoms with Crippen molar-refractivity contribution in [2.24, 2.45) is 0 Å². The van der Waals surface area contributed by atoms with Gasteiger partial charge in [-0.05, 0) is 31.4 Å². The van der Waals surface area contributed by atoms with E-state index >= 15 is 0 Å². The Bertz CT molecular complexity index is 620. The van der Waals surface area contributed by atoms with Crippen molar-refractivity contribution in [3.8, 4) is 11.5 Å². The van der Waals surface area contributed by atoms with Gasteiger partial charge in [-0.15, -0.1) is 0 Å². The molecule has 1 aromatic carbocycles. The van der Waals surface area contributed by atoms with Gasteiger partial charge >= 0.3 is 0 Å². The van der Waals surface area contributed by atoms with Crippen LogP contribution >= 0.6 is 0 Å². The average molecular weight is 364 g/mol. The molecule has 2 rings (SSSR count). The highest BCUT2D eigenvalue weighted by molar-refractivity contribution is 5.95. The molecule has 1 heterocycles. The summed E-state index contributed by atoms with van der Waals surface area (Å²) in [6, 6.07) is 4.40. The summed E-state index contributed by atoms with van der Waals surface area (Å²) in [4.78, 5) is 26.5. The Morgan fingerprint density at radius 1 is 1.31 bits per heavy atom. The van der Waals surface area contributed by atoms with E-state index in [0.717, 1.165) is 19.4 Å². The van der Waals surface area contributed by atoms with Gasteiger partial charge in [-0.1, -0.05) is 6.92 Å². The normalized spacial score (nSPS) is 17.7. The van der Waals surface area contributed by atoms with E-state index in [1.165, 1.54) is 12.1 Å². The monoisotopic (exact) mass is 364 g/mol. The molecular weight excluding hydrogens is 336 g/mol. The van der Waals surface area contributed by atoms with Crippen LogP contribution in [0.5, 0.6) is 11.5 Å². The zero-order valence-corrected chi connectivity index (χ0v) is 15.5. The predicted octanol–water partition coefficient (Wildman–Crippen LogP) is 1.94. The number of benzene rings is 1. The largest absolute Gasteiger partial charge is 0.508 e. The summed E-state index contributed by atoms with van der Waals surface area (Å²) in [6.07, 6.45) is 2.72. The van der Waals surface area contributed by atoms with Gasteiger partial charge in [0.25, 0.3) is 5.91 Å². The molecule has 2 N–H and O–H groups in total. The van der Waals surface area contributed by atoms with E-state index in [-0.39, 0.29) is 23.6 Å². The molecule has 0 spiro atoms. The van der Waals surface area contributed by atoms with Crippen LogP contribution in [0.4, 0.5) is 0 Å². The first-order valence-electron chi connectivity index (χ1n) is 9.08. The predicted molar refractivity (Wildman–Crippen MR) is 97.5 cm³/mol. The van der Waals surface area contributed by atoms with Crippen LogP contribution < -0.4 is 10.1 Å². The van der Waals surface area contributed by atoms with Crippen molar-refractivity contribution in [1.82, 2.24) is 10.2 Å². The van der Waals surface area contributed by atoms with E-state index in [0.29, 0.717) is 43.9 Å². The topological polar surface area (TPSA) is 88.1 Å². The number of nitrogens with one attached hydrogen (secondary N) is 1. The molecule has 26 heavy (non-hydrogen) atoms. The number of aromatic hydroxyl groups is 1. The molecule has 7 heteroatoms. The van der Waals surface area contributed by atoms with Crippen molar-refractivity contribution in [2.45, 2.75) is 38.6 Å². The molecule has 1 atom stereocenters. The molecule has 1 unspecified atom stereocenters. The Kier molecular flexibility index (Phi) is 7.72. The van der Waals surface area contributed by atoms with Crippen LogP contribution in [0.2, 0.25) is 0 Å². The standard InChI is InChI=1S/C19H28N2O5/c1-3-7-21-8-6-15(4-5-18(21)23)20-19(24)14-11-16(22)13-17(12-14)26-10-9-25-2/h11-13,15,22H,3-10H2,1-2H3,(H,20,24). The fourth-order valence-electron chi connectivity index (χ4n) is 3.00. The smallest absolute Gasteiger partial charge is 0.251 e. The Hall–Kier alpha value is -2.28. The number of hydrogen-bond acceptors (Lipinski definition) is 5. The number of hydrogen-bond donors (Lipinski definition) is 2. The summed E-state index contributed by atoms with van der Waals surface area (Å²) >= 11 is 0. The number of phenolic OH excluding ortho intramolecular Hbond substituents is 1. The lowest BCUT2D eigenvalue weighted by Crippen LogP contribution is -2.36. The quantitative estimate of drug-likeness (QED) is 0.688. The zero-order valence-electron chi connectivity index (χ0n) is 15.5. The number of amides is 2. The van der Waals surface area contributed by atoms with Gasteiger partial charge in [0.1, 0.15) is 18.1 Å². The number of ether oxygens (including phenoxy) is 2. The number of rotatable bonds is 8. The van der Waals surface area contributed by atoms with Gasteiger partial charge in [-0.25, -0.2) is 0 Å². The number of carbonyl (C=O) groups excluding carboxylic acids is 2. The highest BCUT2D eigenvalue weighted by Crippen LogP contribution is 2.22. The minimum Gasteiger partial charge on any atom is -0.508 e. The SMILES string of the molecule is CCCN1CCC(NC(=O)c2cc(O)cc(OCCOC)c2)CCC1=O. The number of likely N-dealkylation sites (tertiary alicyclic amines) is 1. The maximum atomic E-state index is 12.5. The Balaban J connectivity index is 1.97. The van der Waals surface area contributed by atoms with Gasteiger partial charge < -0.3 is 24.8 Å². The first kappa shape index (κ1) is 20.0. The molecule has 1 fully saturated rings. The third-order valence-electron chi connectivity index (χ3n) is 4.35. The van der Waals surface area contributed by atoms with Gasteiger partial charge in [0.2, 0.25) is 5.91 Å².